The molecule has 0 aromatic heterocycles. The van der Waals surface area contributed by atoms with Crippen LogP contribution in [0.25, 0.3) is 0 Å². The van der Waals surface area contributed by atoms with Crippen LogP contribution in [-0.2, 0) is 0 Å². The van der Waals surface area contributed by atoms with Crippen molar-refractivity contribution < 1.29 is 0 Å². The summed E-state index contributed by atoms with van der Waals surface area (Å²) in [6.07, 6.45) is 1.09. The first-order chi connectivity index (χ1) is 9.15. The molecular formula is C15H22N4. The number of aryl methyl sites for hydroxylation is 1. The Morgan fingerprint density at radius 3 is 2.95 bits per heavy atom. The number of rotatable bonds is 1. The summed E-state index contributed by atoms with van der Waals surface area (Å²) in [5.41, 5.74) is 8.72. The van der Waals surface area contributed by atoms with Crippen molar-refractivity contribution >= 4 is 11.6 Å². The molecule has 4 heteroatoms. The number of piperidine rings is 1. The summed E-state index contributed by atoms with van der Waals surface area (Å²) in [6, 6.07) is 8.44. The van der Waals surface area contributed by atoms with Gasteiger partial charge in [-0.3, -0.25) is 4.99 Å². The number of nitrogens with two attached hydrogens (primary N) is 1. The molecule has 2 aliphatic rings. The molecule has 0 saturated carbocycles. The van der Waals surface area contributed by atoms with E-state index in [9.17, 15) is 0 Å². The summed E-state index contributed by atoms with van der Waals surface area (Å²) in [5.74, 6) is 1.20. The smallest absolute Gasteiger partial charge is 0.196 e. The third kappa shape index (κ3) is 1.82. The number of para-hydroxylation sites is 1. The lowest BCUT2D eigenvalue weighted by Crippen LogP contribution is -2.61. The predicted molar refractivity (Wildman–Crippen MR) is 79.5 cm³/mol. The second-order valence-electron chi connectivity index (χ2n) is 5.76. The van der Waals surface area contributed by atoms with E-state index >= 15 is 0 Å². The normalized spacial score (nSPS) is 30.7. The molecule has 102 valence electrons. The van der Waals surface area contributed by atoms with Gasteiger partial charge < -0.3 is 16.0 Å². The molecule has 4 nitrogen and oxygen atoms in total. The number of guanidine groups is 1. The minimum absolute atomic E-state index is 0.0570. The molecule has 2 aliphatic heterocycles. The highest BCUT2D eigenvalue weighted by atomic mass is 15.4. The highest BCUT2D eigenvalue weighted by Gasteiger charge is 2.48. The van der Waals surface area contributed by atoms with Gasteiger partial charge in [0.2, 0.25) is 0 Å². The van der Waals surface area contributed by atoms with E-state index in [2.05, 4.69) is 53.3 Å². The Kier molecular flexibility index (Phi) is 2.97. The predicted octanol–water partition coefficient (Wildman–Crippen LogP) is 1.50. The molecule has 0 aliphatic carbocycles. The van der Waals surface area contributed by atoms with Gasteiger partial charge in [-0.2, -0.15) is 0 Å². The summed E-state index contributed by atoms with van der Waals surface area (Å²) in [5, 5.41) is 3.47. The lowest BCUT2D eigenvalue weighted by atomic mass is 9.78. The van der Waals surface area contributed by atoms with Gasteiger partial charge in [0.15, 0.2) is 5.96 Å². The van der Waals surface area contributed by atoms with Crippen molar-refractivity contribution in [1.82, 2.24) is 5.32 Å². The minimum atomic E-state index is 0.0570. The Bertz CT molecular complexity index is 511. The second-order valence-corrected chi connectivity index (χ2v) is 5.76. The van der Waals surface area contributed by atoms with Crippen LogP contribution in [0, 0.1) is 12.8 Å². The van der Waals surface area contributed by atoms with E-state index in [0.717, 1.165) is 26.1 Å². The van der Waals surface area contributed by atoms with E-state index in [1.807, 2.05) is 0 Å². The van der Waals surface area contributed by atoms with E-state index in [0.29, 0.717) is 11.9 Å². The Balaban J connectivity index is 2.06. The van der Waals surface area contributed by atoms with E-state index < -0.39 is 0 Å². The zero-order valence-corrected chi connectivity index (χ0v) is 11.7. The maximum atomic E-state index is 6.20. The third-order valence-electron chi connectivity index (χ3n) is 4.65. The van der Waals surface area contributed by atoms with E-state index in [1.54, 1.807) is 0 Å². The monoisotopic (exact) mass is 258 g/mol. The Hall–Kier alpha value is -1.55. The molecule has 1 fully saturated rings. The second kappa shape index (κ2) is 4.53. The first-order valence-corrected chi connectivity index (χ1v) is 7.02. The molecule has 3 N–H and O–H groups in total. The molecule has 2 atom stereocenters. The van der Waals surface area contributed by atoms with Crippen LogP contribution in [0.3, 0.4) is 0 Å². The Morgan fingerprint density at radius 1 is 1.42 bits per heavy atom. The summed E-state index contributed by atoms with van der Waals surface area (Å²) in [7, 11) is 0. The Labute approximate surface area is 114 Å². The van der Waals surface area contributed by atoms with Crippen molar-refractivity contribution in [2.75, 3.05) is 24.5 Å². The lowest BCUT2D eigenvalue weighted by Gasteiger charge is -2.47. The molecule has 19 heavy (non-hydrogen) atoms. The summed E-state index contributed by atoms with van der Waals surface area (Å²) in [6.45, 7) is 7.32. The van der Waals surface area contributed by atoms with Crippen LogP contribution >= 0.6 is 0 Å². The number of nitrogens with zero attached hydrogens (tertiary/aromatic N) is 2. The third-order valence-corrected chi connectivity index (χ3v) is 4.65. The minimum Gasteiger partial charge on any atom is -0.369 e. The zero-order chi connectivity index (χ0) is 13.5. The van der Waals surface area contributed by atoms with Crippen LogP contribution in [0.1, 0.15) is 18.9 Å². The molecule has 2 heterocycles. The average molecular weight is 258 g/mol. The fourth-order valence-corrected chi connectivity index (χ4v) is 3.39. The molecule has 3 rings (SSSR count). The first-order valence-electron chi connectivity index (χ1n) is 7.02. The van der Waals surface area contributed by atoms with Crippen LogP contribution in [0.4, 0.5) is 5.69 Å². The van der Waals surface area contributed by atoms with Gasteiger partial charge in [-0.1, -0.05) is 25.1 Å². The number of hydrogen-bond donors (Lipinski definition) is 2. The van der Waals surface area contributed by atoms with Crippen LogP contribution < -0.4 is 16.0 Å². The Morgan fingerprint density at radius 2 is 2.21 bits per heavy atom. The van der Waals surface area contributed by atoms with Gasteiger partial charge in [0.05, 0.1) is 12.1 Å². The van der Waals surface area contributed by atoms with Gasteiger partial charge in [-0.15, -0.1) is 0 Å². The number of aliphatic imine (C=N–C) groups is 1. The highest BCUT2D eigenvalue weighted by Crippen LogP contribution is 2.39. The van der Waals surface area contributed by atoms with Crippen molar-refractivity contribution in [3.8, 4) is 0 Å². The molecule has 1 saturated heterocycles. The maximum absolute atomic E-state index is 6.20. The van der Waals surface area contributed by atoms with Gasteiger partial charge in [0, 0.05) is 12.2 Å². The van der Waals surface area contributed by atoms with Gasteiger partial charge in [-0.25, -0.2) is 0 Å². The summed E-state index contributed by atoms with van der Waals surface area (Å²) < 4.78 is 0. The SMILES string of the molecule is Cc1ccccc1N1C(N)=NCC12CCNCC2C. The molecule has 1 aromatic rings. The molecular weight excluding hydrogens is 236 g/mol. The van der Waals surface area contributed by atoms with Crippen LogP contribution in [-0.4, -0.2) is 31.1 Å². The maximum Gasteiger partial charge on any atom is 0.196 e. The number of nitrogens with one attached hydrogen (secondary N) is 1. The first kappa shape index (κ1) is 12.5. The van der Waals surface area contributed by atoms with Crippen molar-refractivity contribution in [3.63, 3.8) is 0 Å². The number of benzene rings is 1. The van der Waals surface area contributed by atoms with E-state index in [4.69, 9.17) is 5.73 Å². The molecule has 1 spiro atoms. The molecule has 2 unspecified atom stereocenters. The van der Waals surface area contributed by atoms with Crippen molar-refractivity contribution in [2.24, 2.45) is 16.6 Å². The highest BCUT2D eigenvalue weighted by molar-refractivity contribution is 5.99. The molecule has 0 amide bonds. The standard InChI is InChI=1S/C15H22N4/c1-11-5-3-4-6-13(11)19-14(16)18-10-15(19)7-8-17-9-12(15)2/h3-6,12,17H,7-10H2,1-2H3,(H2,16,18). The topological polar surface area (TPSA) is 53.6 Å². The number of anilines is 1. The van der Waals surface area contributed by atoms with Crippen molar-refractivity contribution in [3.05, 3.63) is 29.8 Å². The fourth-order valence-electron chi connectivity index (χ4n) is 3.39. The van der Waals surface area contributed by atoms with Crippen LogP contribution in [0.15, 0.2) is 29.3 Å². The van der Waals surface area contributed by atoms with Gasteiger partial charge >= 0.3 is 0 Å². The molecule has 0 radical (unpaired) electrons. The lowest BCUT2D eigenvalue weighted by molar-refractivity contribution is 0.240. The molecule has 0 bridgehead atoms. The van der Waals surface area contributed by atoms with Crippen molar-refractivity contribution in [1.29, 1.82) is 0 Å². The molecule has 1 aromatic carbocycles. The fraction of sp³-hybridized carbons (Fsp3) is 0.533. The van der Waals surface area contributed by atoms with E-state index in [-0.39, 0.29) is 5.54 Å². The van der Waals surface area contributed by atoms with Crippen LogP contribution in [0.2, 0.25) is 0 Å². The van der Waals surface area contributed by atoms with Crippen LogP contribution in [0.5, 0.6) is 0 Å². The largest absolute Gasteiger partial charge is 0.369 e. The summed E-state index contributed by atoms with van der Waals surface area (Å²) in [4.78, 5) is 6.84. The quantitative estimate of drug-likeness (QED) is 0.802. The van der Waals surface area contributed by atoms with Crippen molar-refractivity contribution in [2.45, 2.75) is 25.8 Å². The van der Waals surface area contributed by atoms with E-state index in [1.165, 1.54) is 11.3 Å². The van der Waals surface area contributed by atoms with Gasteiger partial charge in [0.1, 0.15) is 0 Å². The zero-order valence-electron chi connectivity index (χ0n) is 11.7. The average Bonchev–Trinajstić information content (AvgIpc) is 2.73. The number of hydrogen-bond acceptors (Lipinski definition) is 4. The van der Waals surface area contributed by atoms with Gasteiger partial charge in [0.25, 0.3) is 0 Å². The van der Waals surface area contributed by atoms with Gasteiger partial charge in [-0.05, 0) is 37.4 Å². The summed E-state index contributed by atoms with van der Waals surface area (Å²) >= 11 is 0.